The van der Waals surface area contributed by atoms with Gasteiger partial charge in [0.1, 0.15) is 0 Å². The number of carbonyl (C=O) groups excluding carboxylic acids is 1. The van der Waals surface area contributed by atoms with E-state index in [1.54, 1.807) is 29.1 Å². The average molecular weight is 231 g/mol. The fraction of sp³-hybridized carbons (Fsp3) is 0.167. The Morgan fingerprint density at radius 1 is 1.41 bits per heavy atom. The first-order chi connectivity index (χ1) is 8.13. The highest BCUT2D eigenvalue weighted by Crippen LogP contribution is 2.25. The SMILES string of the molecule is COC(=O)c1cc(N)ccc1-c1ccnn1C. The second-order valence-corrected chi connectivity index (χ2v) is 3.64. The van der Waals surface area contributed by atoms with Crippen molar-refractivity contribution in [1.29, 1.82) is 0 Å². The van der Waals surface area contributed by atoms with Gasteiger partial charge in [0, 0.05) is 24.5 Å². The molecule has 2 rings (SSSR count). The fourth-order valence-electron chi connectivity index (χ4n) is 1.70. The molecule has 2 aromatic rings. The number of methoxy groups -OCH3 is 1. The molecule has 0 aliphatic carbocycles. The van der Waals surface area contributed by atoms with Gasteiger partial charge in [-0.05, 0) is 24.3 Å². The second kappa shape index (κ2) is 4.29. The number of nitrogens with zero attached hydrogens (tertiary/aromatic N) is 2. The molecule has 1 aromatic carbocycles. The van der Waals surface area contributed by atoms with Crippen LogP contribution in [0.3, 0.4) is 0 Å². The van der Waals surface area contributed by atoms with E-state index in [0.717, 1.165) is 11.3 Å². The van der Waals surface area contributed by atoms with Gasteiger partial charge >= 0.3 is 5.97 Å². The van der Waals surface area contributed by atoms with Crippen molar-refractivity contribution in [3.63, 3.8) is 0 Å². The predicted octanol–water partition coefficient (Wildman–Crippen LogP) is 1.46. The molecule has 1 aromatic heterocycles. The average Bonchev–Trinajstić information content (AvgIpc) is 2.74. The highest BCUT2D eigenvalue weighted by atomic mass is 16.5. The summed E-state index contributed by atoms with van der Waals surface area (Å²) < 4.78 is 6.44. The highest BCUT2D eigenvalue weighted by molar-refractivity contribution is 5.97. The summed E-state index contributed by atoms with van der Waals surface area (Å²) in [5.41, 5.74) is 8.24. The minimum Gasteiger partial charge on any atom is -0.465 e. The Labute approximate surface area is 98.8 Å². The maximum atomic E-state index is 11.7. The zero-order chi connectivity index (χ0) is 12.4. The Kier molecular flexibility index (Phi) is 2.82. The highest BCUT2D eigenvalue weighted by Gasteiger charge is 2.15. The lowest BCUT2D eigenvalue weighted by Gasteiger charge is -2.09. The number of aromatic nitrogens is 2. The fourth-order valence-corrected chi connectivity index (χ4v) is 1.70. The van der Waals surface area contributed by atoms with Gasteiger partial charge in [0.15, 0.2) is 0 Å². The van der Waals surface area contributed by atoms with E-state index in [-0.39, 0.29) is 0 Å². The summed E-state index contributed by atoms with van der Waals surface area (Å²) in [6.07, 6.45) is 1.67. The molecule has 0 saturated carbocycles. The number of benzene rings is 1. The van der Waals surface area contributed by atoms with E-state index in [2.05, 4.69) is 5.10 Å². The summed E-state index contributed by atoms with van der Waals surface area (Å²) in [6.45, 7) is 0. The number of esters is 1. The third-order valence-electron chi connectivity index (χ3n) is 2.55. The molecule has 0 radical (unpaired) electrons. The summed E-state index contributed by atoms with van der Waals surface area (Å²) in [4.78, 5) is 11.7. The van der Waals surface area contributed by atoms with Gasteiger partial charge in [0.2, 0.25) is 0 Å². The summed E-state index contributed by atoms with van der Waals surface area (Å²) in [5.74, 6) is -0.409. The molecule has 0 saturated heterocycles. The Morgan fingerprint density at radius 3 is 2.76 bits per heavy atom. The Balaban J connectivity index is 2.62. The van der Waals surface area contributed by atoms with Crippen LogP contribution in [-0.2, 0) is 11.8 Å². The standard InChI is InChI=1S/C12H13N3O2/c1-15-11(5-6-14-15)9-4-3-8(13)7-10(9)12(16)17-2/h3-7H,13H2,1-2H3. The maximum absolute atomic E-state index is 11.7. The van der Waals surface area contributed by atoms with Crippen LogP contribution in [0.1, 0.15) is 10.4 Å². The number of rotatable bonds is 2. The maximum Gasteiger partial charge on any atom is 0.338 e. The molecule has 0 aliphatic rings. The molecular formula is C12H13N3O2. The molecule has 0 fully saturated rings. The third kappa shape index (κ3) is 1.99. The van der Waals surface area contributed by atoms with Gasteiger partial charge in [-0.25, -0.2) is 4.79 Å². The molecule has 2 N–H and O–H groups in total. The summed E-state index contributed by atoms with van der Waals surface area (Å²) in [7, 11) is 3.16. The normalized spacial score (nSPS) is 10.2. The van der Waals surface area contributed by atoms with Gasteiger partial charge in [0.25, 0.3) is 0 Å². The first kappa shape index (κ1) is 11.2. The third-order valence-corrected chi connectivity index (χ3v) is 2.55. The number of nitrogens with two attached hydrogens (primary N) is 1. The second-order valence-electron chi connectivity index (χ2n) is 3.64. The van der Waals surface area contributed by atoms with Crippen LogP contribution in [0.25, 0.3) is 11.3 Å². The smallest absolute Gasteiger partial charge is 0.338 e. The van der Waals surface area contributed by atoms with E-state index >= 15 is 0 Å². The number of carbonyl (C=O) groups is 1. The van der Waals surface area contributed by atoms with Crippen LogP contribution in [0.4, 0.5) is 5.69 Å². The molecular weight excluding hydrogens is 218 g/mol. The number of ether oxygens (including phenoxy) is 1. The first-order valence-electron chi connectivity index (χ1n) is 5.09. The zero-order valence-electron chi connectivity index (χ0n) is 9.68. The lowest BCUT2D eigenvalue weighted by atomic mass is 10.0. The van der Waals surface area contributed by atoms with Gasteiger partial charge < -0.3 is 10.5 Å². The van der Waals surface area contributed by atoms with E-state index in [0.29, 0.717) is 11.3 Å². The summed E-state index contributed by atoms with van der Waals surface area (Å²) >= 11 is 0. The van der Waals surface area contributed by atoms with Crippen molar-refractivity contribution in [2.45, 2.75) is 0 Å². The van der Waals surface area contributed by atoms with Crippen LogP contribution in [0.2, 0.25) is 0 Å². The Bertz CT molecular complexity index is 561. The van der Waals surface area contributed by atoms with Gasteiger partial charge in [-0.1, -0.05) is 0 Å². The van der Waals surface area contributed by atoms with Crippen molar-refractivity contribution >= 4 is 11.7 Å². The van der Waals surface area contributed by atoms with Crippen molar-refractivity contribution in [2.24, 2.45) is 7.05 Å². The van der Waals surface area contributed by atoms with E-state index in [4.69, 9.17) is 10.5 Å². The van der Waals surface area contributed by atoms with Gasteiger partial charge in [-0.3, -0.25) is 4.68 Å². The molecule has 17 heavy (non-hydrogen) atoms. The number of nitrogen functional groups attached to an aromatic ring is 1. The minimum absolute atomic E-state index is 0.409. The van der Waals surface area contributed by atoms with Crippen LogP contribution in [0, 0.1) is 0 Å². The molecule has 5 heteroatoms. The van der Waals surface area contributed by atoms with E-state index in [1.165, 1.54) is 7.11 Å². The monoisotopic (exact) mass is 231 g/mol. The first-order valence-corrected chi connectivity index (χ1v) is 5.09. The molecule has 0 atom stereocenters. The molecule has 0 bridgehead atoms. The van der Waals surface area contributed by atoms with Crippen LogP contribution in [-0.4, -0.2) is 22.9 Å². The lowest BCUT2D eigenvalue weighted by Crippen LogP contribution is -2.06. The largest absolute Gasteiger partial charge is 0.465 e. The van der Waals surface area contributed by atoms with Crippen LogP contribution in [0.15, 0.2) is 30.5 Å². The van der Waals surface area contributed by atoms with E-state index < -0.39 is 5.97 Å². The molecule has 1 heterocycles. The number of hydrogen-bond acceptors (Lipinski definition) is 4. The molecule has 0 spiro atoms. The van der Waals surface area contributed by atoms with Gasteiger partial charge in [-0.2, -0.15) is 5.10 Å². The van der Waals surface area contributed by atoms with Gasteiger partial charge in [-0.15, -0.1) is 0 Å². The van der Waals surface area contributed by atoms with Crippen molar-refractivity contribution in [1.82, 2.24) is 9.78 Å². The van der Waals surface area contributed by atoms with Crippen molar-refractivity contribution < 1.29 is 9.53 Å². The quantitative estimate of drug-likeness (QED) is 0.627. The summed E-state index contributed by atoms with van der Waals surface area (Å²) in [5, 5.41) is 4.08. The Hall–Kier alpha value is -2.30. The molecule has 0 amide bonds. The molecule has 0 aliphatic heterocycles. The van der Waals surface area contributed by atoms with Crippen LogP contribution < -0.4 is 5.73 Å². The molecule has 0 unspecified atom stereocenters. The van der Waals surface area contributed by atoms with Crippen molar-refractivity contribution in [2.75, 3.05) is 12.8 Å². The molecule has 5 nitrogen and oxygen atoms in total. The number of aryl methyl sites for hydroxylation is 1. The number of anilines is 1. The van der Waals surface area contributed by atoms with E-state index in [9.17, 15) is 4.79 Å². The van der Waals surface area contributed by atoms with E-state index in [1.807, 2.05) is 13.1 Å². The molecule has 88 valence electrons. The van der Waals surface area contributed by atoms with Crippen molar-refractivity contribution in [3.8, 4) is 11.3 Å². The summed E-state index contributed by atoms with van der Waals surface area (Å²) in [6, 6.07) is 6.97. The Morgan fingerprint density at radius 2 is 2.18 bits per heavy atom. The predicted molar refractivity (Wildman–Crippen MR) is 64.4 cm³/mol. The van der Waals surface area contributed by atoms with Crippen LogP contribution in [0.5, 0.6) is 0 Å². The lowest BCUT2D eigenvalue weighted by molar-refractivity contribution is 0.0601. The minimum atomic E-state index is -0.409. The van der Waals surface area contributed by atoms with Gasteiger partial charge in [0.05, 0.1) is 18.4 Å². The van der Waals surface area contributed by atoms with Crippen LogP contribution >= 0.6 is 0 Å². The number of hydrogen-bond donors (Lipinski definition) is 1. The topological polar surface area (TPSA) is 70.1 Å². The zero-order valence-corrected chi connectivity index (χ0v) is 9.68. The van der Waals surface area contributed by atoms with Crippen molar-refractivity contribution in [3.05, 3.63) is 36.0 Å².